The topological polar surface area (TPSA) is 107 Å². The van der Waals surface area contributed by atoms with Crippen LogP contribution < -0.4 is 15.7 Å². The summed E-state index contributed by atoms with van der Waals surface area (Å²) in [5.74, 6) is -0.170. The molecular formula is C37H35FN6O3Si. The summed E-state index contributed by atoms with van der Waals surface area (Å²) in [7, 11) is -2.86. The molecule has 7 rings (SSSR count). The maximum atomic E-state index is 14.1. The van der Waals surface area contributed by atoms with Crippen molar-refractivity contribution in [2.75, 3.05) is 5.32 Å². The van der Waals surface area contributed by atoms with Gasteiger partial charge in [-0.2, -0.15) is 0 Å². The Kier molecular flexibility index (Phi) is 8.10. The quantitative estimate of drug-likeness (QED) is 0.103. The lowest BCUT2D eigenvalue weighted by molar-refractivity contribution is -0.384. The van der Waals surface area contributed by atoms with Crippen LogP contribution in [0.25, 0.3) is 17.2 Å². The van der Waals surface area contributed by atoms with Crippen molar-refractivity contribution < 1.29 is 13.7 Å². The van der Waals surface area contributed by atoms with E-state index in [1.807, 2.05) is 24.3 Å². The van der Waals surface area contributed by atoms with Gasteiger partial charge < -0.3 is 9.74 Å². The molecule has 0 unspecified atom stereocenters. The lowest BCUT2D eigenvalue weighted by atomic mass is 9.86. The highest BCUT2D eigenvalue weighted by atomic mass is 28.4. The second-order valence-corrected chi connectivity index (χ2v) is 17.3. The maximum absolute atomic E-state index is 14.1. The summed E-state index contributed by atoms with van der Waals surface area (Å²) < 4.78 is 23.2. The van der Waals surface area contributed by atoms with Gasteiger partial charge >= 0.3 is 5.69 Å². The van der Waals surface area contributed by atoms with Gasteiger partial charge in [0.25, 0.3) is 8.32 Å². The van der Waals surface area contributed by atoms with Crippen LogP contribution in [0.5, 0.6) is 0 Å². The first-order valence-corrected chi connectivity index (χ1v) is 17.8. The standard InChI is InChI=1S/C37H35FN6O3Si/c1-37(2,3)48(26-12-6-4-7-13-26,27-14-8-5-9-15-27)47-33-20-19-30(28-16-10-11-17-29(28)33)41-36-32(44(45)46)23-40-35(42-36)31-22-39-34-21-18-25(38)24-43(31)34/h4-18,21-24,30,33H,19-20H2,1-3H3,(H,40,41,42)/t30-,33-/m1/s1. The first-order chi connectivity index (χ1) is 23.2. The van der Waals surface area contributed by atoms with E-state index in [0.717, 1.165) is 11.1 Å². The zero-order chi connectivity index (χ0) is 33.5. The molecule has 2 atom stereocenters. The minimum atomic E-state index is -2.86. The summed E-state index contributed by atoms with van der Waals surface area (Å²) in [6.07, 6.45) is 5.15. The number of pyridine rings is 1. The van der Waals surface area contributed by atoms with E-state index in [4.69, 9.17) is 4.43 Å². The minimum absolute atomic E-state index is 0.0857. The molecule has 0 saturated carbocycles. The number of halogens is 1. The predicted octanol–water partition coefficient (Wildman–Crippen LogP) is 7.40. The maximum Gasteiger partial charge on any atom is 0.329 e. The molecule has 0 spiro atoms. The zero-order valence-corrected chi connectivity index (χ0v) is 27.9. The van der Waals surface area contributed by atoms with Crippen LogP contribution in [0, 0.1) is 15.9 Å². The van der Waals surface area contributed by atoms with Gasteiger partial charge in [-0.25, -0.2) is 19.3 Å². The van der Waals surface area contributed by atoms with Crippen molar-refractivity contribution in [1.82, 2.24) is 19.4 Å². The largest absolute Gasteiger partial charge is 0.400 e. The Morgan fingerprint density at radius 2 is 1.52 bits per heavy atom. The lowest BCUT2D eigenvalue weighted by Crippen LogP contribution is -2.67. The SMILES string of the molecule is CC(C)(C)[Si](O[C@@H]1CC[C@@H](Nc2nc(-c3cnc4ccc(F)cn34)ncc2[N+](=O)[O-])c2ccccc21)(c1ccccc1)c1ccccc1. The highest BCUT2D eigenvalue weighted by molar-refractivity contribution is 6.99. The Labute approximate surface area is 278 Å². The van der Waals surface area contributed by atoms with Crippen molar-refractivity contribution in [3.05, 3.63) is 143 Å². The molecular weight excluding hydrogens is 624 g/mol. The zero-order valence-electron chi connectivity index (χ0n) is 26.9. The van der Waals surface area contributed by atoms with Gasteiger partial charge in [-0.1, -0.05) is 106 Å². The Hall–Kier alpha value is -5.26. The van der Waals surface area contributed by atoms with Gasteiger partial charge in [0.05, 0.1) is 23.3 Å². The van der Waals surface area contributed by atoms with Crippen LogP contribution in [0.3, 0.4) is 0 Å². The van der Waals surface area contributed by atoms with Gasteiger partial charge in [0.1, 0.15) is 23.4 Å². The van der Waals surface area contributed by atoms with Crippen LogP contribution in [0.2, 0.25) is 5.04 Å². The molecule has 0 bridgehead atoms. The van der Waals surface area contributed by atoms with E-state index < -0.39 is 19.1 Å². The number of fused-ring (bicyclic) bond motifs is 2. The molecule has 3 aromatic carbocycles. The van der Waals surface area contributed by atoms with Crippen molar-refractivity contribution in [1.29, 1.82) is 0 Å². The van der Waals surface area contributed by atoms with Gasteiger partial charge in [-0.15, -0.1) is 0 Å². The van der Waals surface area contributed by atoms with Crippen molar-refractivity contribution in [2.45, 2.75) is 50.8 Å². The van der Waals surface area contributed by atoms with Crippen molar-refractivity contribution >= 4 is 35.8 Å². The molecule has 0 saturated heterocycles. The fourth-order valence-corrected chi connectivity index (χ4v) is 11.6. The average molecular weight is 659 g/mol. The summed E-state index contributed by atoms with van der Waals surface area (Å²) in [5.41, 5.74) is 2.73. The van der Waals surface area contributed by atoms with Crippen LogP contribution in [0.1, 0.15) is 56.9 Å². The molecule has 48 heavy (non-hydrogen) atoms. The third kappa shape index (κ3) is 5.54. The second kappa shape index (κ2) is 12.4. The smallest absolute Gasteiger partial charge is 0.329 e. The molecule has 3 heterocycles. The van der Waals surface area contributed by atoms with Gasteiger partial charge in [0, 0.05) is 6.20 Å². The van der Waals surface area contributed by atoms with Crippen LogP contribution in [0.15, 0.2) is 116 Å². The molecule has 1 N–H and O–H groups in total. The van der Waals surface area contributed by atoms with E-state index >= 15 is 0 Å². The predicted molar refractivity (Wildman–Crippen MR) is 186 cm³/mol. The number of aromatic nitrogens is 4. The summed E-state index contributed by atoms with van der Waals surface area (Å²) in [5, 5.41) is 17.7. The van der Waals surface area contributed by atoms with Crippen LogP contribution in [0.4, 0.5) is 15.9 Å². The van der Waals surface area contributed by atoms with Crippen LogP contribution in [-0.2, 0) is 4.43 Å². The molecule has 3 aromatic heterocycles. The molecule has 0 aliphatic heterocycles. The highest BCUT2D eigenvalue weighted by Gasteiger charge is 2.52. The van der Waals surface area contributed by atoms with Crippen molar-refractivity contribution in [3.63, 3.8) is 0 Å². The normalized spacial score (nSPS) is 16.4. The average Bonchev–Trinajstić information content (AvgIpc) is 3.51. The lowest BCUT2D eigenvalue weighted by Gasteiger charge is -2.46. The summed E-state index contributed by atoms with van der Waals surface area (Å²) in [6, 6.07) is 31.9. The number of anilines is 1. The van der Waals surface area contributed by atoms with E-state index in [9.17, 15) is 14.5 Å². The molecule has 242 valence electrons. The molecule has 1 aliphatic carbocycles. The molecule has 0 fully saturated rings. The van der Waals surface area contributed by atoms with E-state index in [1.165, 1.54) is 39.4 Å². The number of nitrogens with one attached hydrogen (secondary N) is 1. The summed E-state index contributed by atoms with van der Waals surface area (Å²) in [4.78, 5) is 24.8. The molecule has 1 aliphatic rings. The first kappa shape index (κ1) is 31.3. The number of hydrogen-bond donors (Lipinski definition) is 1. The number of nitro groups is 1. The number of imidazole rings is 1. The second-order valence-electron chi connectivity index (χ2n) is 13.1. The number of hydrogen-bond acceptors (Lipinski definition) is 7. The van der Waals surface area contributed by atoms with E-state index in [0.29, 0.717) is 24.2 Å². The Bertz CT molecular complexity index is 2060. The molecule has 9 nitrogen and oxygen atoms in total. The molecule has 6 aromatic rings. The highest BCUT2D eigenvalue weighted by Crippen LogP contribution is 2.46. The Balaban J connectivity index is 1.27. The van der Waals surface area contributed by atoms with Crippen molar-refractivity contribution in [2.24, 2.45) is 0 Å². The van der Waals surface area contributed by atoms with Crippen LogP contribution >= 0.6 is 0 Å². The number of nitrogens with zero attached hydrogens (tertiary/aromatic N) is 5. The summed E-state index contributed by atoms with van der Waals surface area (Å²) >= 11 is 0. The fraction of sp³-hybridized carbons (Fsp3) is 0.216. The van der Waals surface area contributed by atoms with Gasteiger partial charge in [-0.05, 0) is 51.5 Å². The first-order valence-electron chi connectivity index (χ1n) is 15.9. The van der Waals surface area contributed by atoms with Crippen molar-refractivity contribution in [3.8, 4) is 11.5 Å². The van der Waals surface area contributed by atoms with Gasteiger partial charge in [0.15, 0.2) is 5.82 Å². The third-order valence-electron chi connectivity index (χ3n) is 9.15. The minimum Gasteiger partial charge on any atom is -0.400 e. The van der Waals surface area contributed by atoms with E-state index in [2.05, 4.69) is 102 Å². The molecule has 0 amide bonds. The molecule has 0 radical (unpaired) electrons. The van der Waals surface area contributed by atoms with E-state index in [1.54, 1.807) is 6.07 Å². The monoisotopic (exact) mass is 658 g/mol. The van der Waals surface area contributed by atoms with Gasteiger partial charge in [0.2, 0.25) is 5.82 Å². The Morgan fingerprint density at radius 1 is 0.875 bits per heavy atom. The Morgan fingerprint density at radius 3 is 2.17 bits per heavy atom. The molecule has 11 heteroatoms. The number of benzene rings is 3. The van der Waals surface area contributed by atoms with Gasteiger partial charge in [-0.3, -0.25) is 14.5 Å². The summed E-state index contributed by atoms with van der Waals surface area (Å²) in [6.45, 7) is 6.80. The third-order valence-corrected chi connectivity index (χ3v) is 14.2. The van der Waals surface area contributed by atoms with Crippen LogP contribution in [-0.4, -0.2) is 32.6 Å². The van der Waals surface area contributed by atoms with E-state index in [-0.39, 0.29) is 34.5 Å². The fourth-order valence-electron chi connectivity index (χ4n) is 6.95. The number of rotatable bonds is 8.